The summed E-state index contributed by atoms with van der Waals surface area (Å²) in [4.78, 5) is 11.9. The number of hydrogen-bond donors (Lipinski definition) is 1. The molecule has 1 heterocycles. The van der Waals surface area contributed by atoms with Gasteiger partial charge in [0.25, 0.3) is 5.91 Å². The van der Waals surface area contributed by atoms with Crippen LogP contribution in [0.5, 0.6) is 0 Å². The Balaban J connectivity index is 2.24. The Morgan fingerprint density at radius 1 is 1.38 bits per heavy atom. The quantitative estimate of drug-likeness (QED) is 0.889. The third-order valence-electron chi connectivity index (χ3n) is 2.15. The van der Waals surface area contributed by atoms with Gasteiger partial charge in [0.1, 0.15) is 0 Å². The monoisotopic (exact) mass is 295 g/mol. The summed E-state index contributed by atoms with van der Waals surface area (Å²) in [5.74, 6) is -0.0889. The van der Waals surface area contributed by atoms with Gasteiger partial charge in [0.05, 0.1) is 11.3 Å². The van der Waals surface area contributed by atoms with Crippen LogP contribution in [0, 0.1) is 6.92 Å². The highest BCUT2D eigenvalue weighted by Gasteiger charge is 2.10. The van der Waals surface area contributed by atoms with E-state index >= 15 is 0 Å². The van der Waals surface area contributed by atoms with Crippen LogP contribution in [-0.2, 0) is 0 Å². The zero-order chi connectivity index (χ0) is 11.5. The average Bonchev–Trinajstić information content (AvgIpc) is 2.74. The molecule has 0 fully saturated rings. The Hall–Kier alpha value is -1.13. The SMILES string of the molecule is Cc1ccc(Br)c(C(=O)Nc2ccsc2)c1. The molecule has 1 aromatic carbocycles. The van der Waals surface area contributed by atoms with Gasteiger partial charge in [-0.05, 0) is 46.4 Å². The van der Waals surface area contributed by atoms with Gasteiger partial charge in [-0.2, -0.15) is 11.3 Å². The highest BCUT2D eigenvalue weighted by molar-refractivity contribution is 9.10. The molecule has 0 saturated heterocycles. The smallest absolute Gasteiger partial charge is 0.256 e. The number of rotatable bonds is 2. The van der Waals surface area contributed by atoms with Gasteiger partial charge in [-0.1, -0.05) is 11.6 Å². The zero-order valence-electron chi connectivity index (χ0n) is 8.66. The van der Waals surface area contributed by atoms with Crippen LogP contribution in [0.2, 0.25) is 0 Å². The van der Waals surface area contributed by atoms with Crippen molar-refractivity contribution in [2.24, 2.45) is 0 Å². The summed E-state index contributed by atoms with van der Waals surface area (Å²) >= 11 is 4.93. The number of carbonyl (C=O) groups is 1. The lowest BCUT2D eigenvalue weighted by Gasteiger charge is -2.06. The van der Waals surface area contributed by atoms with Crippen molar-refractivity contribution in [2.45, 2.75) is 6.92 Å². The first-order chi connectivity index (χ1) is 7.66. The molecule has 1 aromatic heterocycles. The Morgan fingerprint density at radius 3 is 2.88 bits per heavy atom. The van der Waals surface area contributed by atoms with E-state index in [4.69, 9.17) is 0 Å². The summed E-state index contributed by atoms with van der Waals surface area (Å²) < 4.78 is 0.811. The minimum atomic E-state index is -0.0889. The van der Waals surface area contributed by atoms with Crippen molar-refractivity contribution in [3.8, 4) is 0 Å². The first-order valence-electron chi connectivity index (χ1n) is 4.76. The number of anilines is 1. The molecule has 0 radical (unpaired) electrons. The molecule has 4 heteroatoms. The van der Waals surface area contributed by atoms with E-state index in [1.54, 1.807) is 11.3 Å². The second-order valence-corrected chi connectivity index (χ2v) is 5.08. The van der Waals surface area contributed by atoms with Gasteiger partial charge in [-0.25, -0.2) is 0 Å². The van der Waals surface area contributed by atoms with Crippen molar-refractivity contribution < 1.29 is 4.79 Å². The van der Waals surface area contributed by atoms with Crippen LogP contribution >= 0.6 is 27.3 Å². The molecular formula is C12H10BrNOS. The van der Waals surface area contributed by atoms with Crippen LogP contribution in [-0.4, -0.2) is 5.91 Å². The fourth-order valence-electron chi connectivity index (χ4n) is 1.35. The topological polar surface area (TPSA) is 29.1 Å². The molecule has 2 nitrogen and oxygen atoms in total. The summed E-state index contributed by atoms with van der Waals surface area (Å²) in [5, 5.41) is 6.68. The van der Waals surface area contributed by atoms with Crippen molar-refractivity contribution in [2.75, 3.05) is 5.32 Å². The van der Waals surface area contributed by atoms with Gasteiger partial charge in [0.2, 0.25) is 0 Å². The molecule has 1 amide bonds. The maximum Gasteiger partial charge on any atom is 0.256 e. The number of halogens is 1. The predicted molar refractivity (Wildman–Crippen MR) is 71.2 cm³/mol. The Morgan fingerprint density at radius 2 is 2.19 bits per heavy atom. The van der Waals surface area contributed by atoms with E-state index in [-0.39, 0.29) is 5.91 Å². The van der Waals surface area contributed by atoms with Gasteiger partial charge in [-0.15, -0.1) is 0 Å². The van der Waals surface area contributed by atoms with Crippen LogP contribution < -0.4 is 5.32 Å². The van der Waals surface area contributed by atoms with Crippen molar-refractivity contribution in [3.63, 3.8) is 0 Å². The van der Waals surface area contributed by atoms with E-state index in [1.807, 2.05) is 41.9 Å². The van der Waals surface area contributed by atoms with E-state index < -0.39 is 0 Å². The maximum absolute atomic E-state index is 11.9. The van der Waals surface area contributed by atoms with E-state index in [0.717, 1.165) is 15.7 Å². The van der Waals surface area contributed by atoms with E-state index in [2.05, 4.69) is 21.2 Å². The first kappa shape index (κ1) is 11.4. The van der Waals surface area contributed by atoms with Gasteiger partial charge < -0.3 is 5.32 Å². The highest BCUT2D eigenvalue weighted by atomic mass is 79.9. The predicted octanol–water partition coefficient (Wildman–Crippen LogP) is 4.07. The third kappa shape index (κ3) is 2.51. The van der Waals surface area contributed by atoms with Crippen LogP contribution in [0.25, 0.3) is 0 Å². The molecular weight excluding hydrogens is 286 g/mol. The lowest BCUT2D eigenvalue weighted by molar-refractivity contribution is 0.102. The molecule has 1 N–H and O–H groups in total. The van der Waals surface area contributed by atoms with Crippen molar-refractivity contribution in [3.05, 3.63) is 50.6 Å². The Labute approximate surface area is 106 Å². The molecule has 0 saturated carbocycles. The van der Waals surface area contributed by atoms with Gasteiger partial charge in [0, 0.05) is 9.85 Å². The molecule has 0 bridgehead atoms. The van der Waals surface area contributed by atoms with Crippen molar-refractivity contribution >= 4 is 38.9 Å². The van der Waals surface area contributed by atoms with E-state index in [1.165, 1.54) is 0 Å². The molecule has 0 aliphatic rings. The number of hydrogen-bond acceptors (Lipinski definition) is 2. The summed E-state index contributed by atoms with van der Waals surface area (Å²) in [6.07, 6.45) is 0. The number of aryl methyl sites for hydroxylation is 1. The molecule has 16 heavy (non-hydrogen) atoms. The maximum atomic E-state index is 11.9. The lowest BCUT2D eigenvalue weighted by atomic mass is 10.1. The number of amides is 1. The third-order valence-corrected chi connectivity index (χ3v) is 3.52. The molecule has 0 unspecified atom stereocenters. The normalized spacial score (nSPS) is 10.1. The van der Waals surface area contributed by atoms with Crippen molar-refractivity contribution in [1.82, 2.24) is 0 Å². The van der Waals surface area contributed by atoms with Crippen LogP contribution in [0.1, 0.15) is 15.9 Å². The standard InChI is InChI=1S/C12H10BrNOS/c1-8-2-3-11(13)10(6-8)12(15)14-9-4-5-16-7-9/h2-7H,1H3,(H,14,15). The molecule has 82 valence electrons. The summed E-state index contributed by atoms with van der Waals surface area (Å²) in [6.45, 7) is 1.97. The van der Waals surface area contributed by atoms with Crippen LogP contribution in [0.4, 0.5) is 5.69 Å². The van der Waals surface area contributed by atoms with E-state index in [0.29, 0.717) is 5.56 Å². The van der Waals surface area contributed by atoms with Gasteiger partial charge in [0.15, 0.2) is 0 Å². The number of carbonyl (C=O) groups excluding carboxylic acids is 1. The molecule has 2 rings (SSSR count). The number of nitrogens with one attached hydrogen (secondary N) is 1. The van der Waals surface area contributed by atoms with Crippen molar-refractivity contribution in [1.29, 1.82) is 0 Å². The first-order valence-corrected chi connectivity index (χ1v) is 6.50. The fourth-order valence-corrected chi connectivity index (χ4v) is 2.36. The van der Waals surface area contributed by atoms with Crippen LogP contribution in [0.3, 0.4) is 0 Å². The second kappa shape index (κ2) is 4.80. The summed E-state index contributed by atoms with van der Waals surface area (Å²) in [6, 6.07) is 7.60. The minimum absolute atomic E-state index is 0.0889. The minimum Gasteiger partial charge on any atom is -0.321 e. The molecule has 0 spiro atoms. The molecule has 2 aromatic rings. The number of thiophene rings is 1. The largest absolute Gasteiger partial charge is 0.321 e. The second-order valence-electron chi connectivity index (χ2n) is 3.45. The van der Waals surface area contributed by atoms with Gasteiger partial charge in [-0.3, -0.25) is 4.79 Å². The van der Waals surface area contributed by atoms with Gasteiger partial charge >= 0.3 is 0 Å². The fraction of sp³-hybridized carbons (Fsp3) is 0.0833. The zero-order valence-corrected chi connectivity index (χ0v) is 11.1. The molecule has 0 atom stereocenters. The highest BCUT2D eigenvalue weighted by Crippen LogP contribution is 2.20. The Kier molecular flexibility index (Phi) is 3.41. The Bertz CT molecular complexity index is 508. The lowest BCUT2D eigenvalue weighted by Crippen LogP contribution is -2.12. The van der Waals surface area contributed by atoms with Crippen LogP contribution in [0.15, 0.2) is 39.5 Å². The molecule has 0 aliphatic heterocycles. The number of benzene rings is 1. The molecule has 0 aliphatic carbocycles. The average molecular weight is 296 g/mol. The summed E-state index contributed by atoms with van der Waals surface area (Å²) in [7, 11) is 0. The summed E-state index contributed by atoms with van der Waals surface area (Å²) in [5.41, 5.74) is 2.56. The van der Waals surface area contributed by atoms with E-state index in [9.17, 15) is 4.79 Å².